The maximum absolute atomic E-state index is 12.3. The Kier molecular flexibility index (Phi) is 5.79. The largest absolute Gasteiger partial charge is 0.325 e. The molecule has 1 aliphatic heterocycles. The van der Waals surface area contributed by atoms with Crippen LogP contribution in [0.15, 0.2) is 42.6 Å². The van der Waals surface area contributed by atoms with Gasteiger partial charge in [-0.25, -0.2) is 0 Å². The second kappa shape index (κ2) is 8.23. The Hall–Kier alpha value is -2.24. The SMILES string of the molecule is Cc1cc(C)cc(NC(=O)CN2CCN(Cc3ccccn3)CC2)c1. The number of nitrogens with one attached hydrogen (secondary N) is 1. The Morgan fingerprint density at radius 3 is 2.36 bits per heavy atom. The summed E-state index contributed by atoms with van der Waals surface area (Å²) in [6.07, 6.45) is 1.84. The van der Waals surface area contributed by atoms with Gasteiger partial charge in [0.05, 0.1) is 12.2 Å². The maximum Gasteiger partial charge on any atom is 0.238 e. The van der Waals surface area contributed by atoms with Gasteiger partial charge in [0.25, 0.3) is 0 Å². The topological polar surface area (TPSA) is 48.5 Å². The van der Waals surface area contributed by atoms with E-state index in [0.29, 0.717) is 6.54 Å². The van der Waals surface area contributed by atoms with Gasteiger partial charge >= 0.3 is 0 Å². The fourth-order valence-electron chi connectivity index (χ4n) is 3.28. The van der Waals surface area contributed by atoms with Gasteiger partial charge in [-0.3, -0.25) is 19.6 Å². The molecule has 1 aromatic heterocycles. The van der Waals surface area contributed by atoms with Crippen molar-refractivity contribution < 1.29 is 4.79 Å². The molecule has 2 aromatic rings. The summed E-state index contributed by atoms with van der Waals surface area (Å²) in [6.45, 7) is 9.17. The molecule has 25 heavy (non-hydrogen) atoms. The molecule has 5 nitrogen and oxygen atoms in total. The highest BCUT2D eigenvalue weighted by Gasteiger charge is 2.19. The molecule has 0 unspecified atom stereocenters. The molecule has 1 saturated heterocycles. The van der Waals surface area contributed by atoms with Crippen LogP contribution < -0.4 is 5.32 Å². The molecular weight excluding hydrogens is 312 g/mol. The van der Waals surface area contributed by atoms with Crippen molar-refractivity contribution in [3.63, 3.8) is 0 Å². The molecule has 0 radical (unpaired) electrons. The zero-order valence-electron chi connectivity index (χ0n) is 15.0. The Balaban J connectivity index is 1.44. The van der Waals surface area contributed by atoms with Crippen molar-refractivity contribution in [2.75, 3.05) is 38.0 Å². The van der Waals surface area contributed by atoms with Gasteiger partial charge in [-0.1, -0.05) is 12.1 Å². The Morgan fingerprint density at radius 2 is 1.72 bits per heavy atom. The first-order valence-corrected chi connectivity index (χ1v) is 8.81. The van der Waals surface area contributed by atoms with Gasteiger partial charge in [0.1, 0.15) is 0 Å². The van der Waals surface area contributed by atoms with Crippen LogP contribution in [0.4, 0.5) is 5.69 Å². The van der Waals surface area contributed by atoms with E-state index in [4.69, 9.17) is 0 Å². The van der Waals surface area contributed by atoms with E-state index in [1.54, 1.807) is 0 Å². The Labute approximate surface area is 149 Å². The van der Waals surface area contributed by atoms with Gasteiger partial charge < -0.3 is 5.32 Å². The molecule has 3 rings (SSSR count). The van der Waals surface area contributed by atoms with E-state index in [0.717, 1.165) is 44.1 Å². The van der Waals surface area contributed by atoms with Crippen LogP contribution in [0.1, 0.15) is 16.8 Å². The summed E-state index contributed by atoms with van der Waals surface area (Å²) in [6, 6.07) is 12.2. The summed E-state index contributed by atoms with van der Waals surface area (Å²) in [4.78, 5) is 21.3. The monoisotopic (exact) mass is 338 g/mol. The number of rotatable bonds is 5. The number of carbonyl (C=O) groups excluding carboxylic acids is 1. The van der Waals surface area contributed by atoms with Gasteiger partial charge in [0, 0.05) is 44.6 Å². The lowest BCUT2D eigenvalue weighted by atomic mass is 10.1. The Bertz CT molecular complexity index is 689. The zero-order chi connectivity index (χ0) is 17.6. The lowest BCUT2D eigenvalue weighted by molar-refractivity contribution is -0.117. The Morgan fingerprint density at radius 1 is 1.04 bits per heavy atom. The fraction of sp³-hybridized carbons (Fsp3) is 0.400. The first-order chi connectivity index (χ1) is 12.1. The highest BCUT2D eigenvalue weighted by atomic mass is 16.2. The van der Waals surface area contributed by atoms with Crippen molar-refractivity contribution in [3.05, 3.63) is 59.4 Å². The van der Waals surface area contributed by atoms with Crippen LogP contribution in [-0.4, -0.2) is 53.4 Å². The smallest absolute Gasteiger partial charge is 0.238 e. The molecule has 1 N–H and O–H groups in total. The van der Waals surface area contributed by atoms with Crippen LogP contribution in [-0.2, 0) is 11.3 Å². The summed E-state index contributed by atoms with van der Waals surface area (Å²) in [7, 11) is 0. The van der Waals surface area contributed by atoms with Crippen molar-refractivity contribution in [2.24, 2.45) is 0 Å². The van der Waals surface area contributed by atoms with E-state index in [1.807, 2.05) is 44.3 Å². The summed E-state index contributed by atoms with van der Waals surface area (Å²) in [5.41, 5.74) is 4.32. The molecule has 1 amide bonds. The van der Waals surface area contributed by atoms with Gasteiger partial charge in [-0.2, -0.15) is 0 Å². The highest BCUT2D eigenvalue weighted by molar-refractivity contribution is 5.92. The molecule has 0 saturated carbocycles. The third-order valence-corrected chi connectivity index (χ3v) is 4.45. The van der Waals surface area contributed by atoms with E-state index in [-0.39, 0.29) is 5.91 Å². The van der Waals surface area contributed by atoms with E-state index in [2.05, 4.69) is 32.2 Å². The lowest BCUT2D eigenvalue weighted by Crippen LogP contribution is -2.48. The van der Waals surface area contributed by atoms with E-state index >= 15 is 0 Å². The van der Waals surface area contributed by atoms with Gasteiger partial charge in [-0.05, 0) is 49.2 Å². The number of pyridine rings is 1. The minimum atomic E-state index is 0.0585. The molecule has 0 spiro atoms. The minimum Gasteiger partial charge on any atom is -0.325 e. The van der Waals surface area contributed by atoms with Crippen molar-refractivity contribution >= 4 is 11.6 Å². The summed E-state index contributed by atoms with van der Waals surface area (Å²) < 4.78 is 0. The number of carbonyl (C=O) groups is 1. The van der Waals surface area contributed by atoms with E-state index < -0.39 is 0 Å². The molecule has 1 aromatic carbocycles. The molecule has 1 aliphatic rings. The predicted octanol–water partition coefficient (Wildman–Crippen LogP) is 2.45. The van der Waals surface area contributed by atoms with Crippen LogP contribution in [0.2, 0.25) is 0 Å². The number of piperazine rings is 1. The summed E-state index contributed by atoms with van der Waals surface area (Å²) in [5.74, 6) is 0.0585. The molecular formula is C20H26N4O. The molecule has 132 valence electrons. The predicted molar refractivity (Wildman–Crippen MR) is 100 cm³/mol. The summed E-state index contributed by atoms with van der Waals surface area (Å²) >= 11 is 0. The number of nitrogens with zero attached hydrogens (tertiary/aromatic N) is 3. The normalized spacial score (nSPS) is 15.9. The van der Waals surface area contributed by atoms with E-state index in [9.17, 15) is 4.79 Å². The van der Waals surface area contributed by atoms with Crippen molar-refractivity contribution in [1.82, 2.24) is 14.8 Å². The van der Waals surface area contributed by atoms with Crippen LogP contribution in [0.5, 0.6) is 0 Å². The second-order valence-corrected chi connectivity index (χ2v) is 6.80. The molecule has 1 fully saturated rings. The summed E-state index contributed by atoms with van der Waals surface area (Å²) in [5, 5.41) is 3.02. The first-order valence-electron chi connectivity index (χ1n) is 8.81. The third kappa shape index (κ3) is 5.37. The van der Waals surface area contributed by atoms with Gasteiger partial charge in [-0.15, -0.1) is 0 Å². The van der Waals surface area contributed by atoms with E-state index in [1.165, 1.54) is 11.1 Å². The van der Waals surface area contributed by atoms with Crippen molar-refractivity contribution in [2.45, 2.75) is 20.4 Å². The second-order valence-electron chi connectivity index (χ2n) is 6.80. The fourth-order valence-corrected chi connectivity index (χ4v) is 3.28. The number of aryl methyl sites for hydroxylation is 2. The number of benzene rings is 1. The maximum atomic E-state index is 12.3. The average Bonchev–Trinajstić information content (AvgIpc) is 2.56. The molecule has 0 bridgehead atoms. The number of hydrogen-bond donors (Lipinski definition) is 1. The number of aromatic nitrogens is 1. The highest BCUT2D eigenvalue weighted by Crippen LogP contribution is 2.14. The van der Waals surface area contributed by atoms with Crippen LogP contribution in [0, 0.1) is 13.8 Å². The van der Waals surface area contributed by atoms with Crippen LogP contribution in [0.25, 0.3) is 0 Å². The van der Waals surface area contributed by atoms with Crippen LogP contribution >= 0.6 is 0 Å². The number of hydrogen-bond acceptors (Lipinski definition) is 4. The van der Waals surface area contributed by atoms with Gasteiger partial charge in [0.2, 0.25) is 5.91 Å². The molecule has 0 atom stereocenters. The third-order valence-electron chi connectivity index (χ3n) is 4.45. The number of amides is 1. The molecule has 5 heteroatoms. The lowest BCUT2D eigenvalue weighted by Gasteiger charge is -2.34. The number of anilines is 1. The quantitative estimate of drug-likeness (QED) is 0.910. The zero-order valence-corrected chi connectivity index (χ0v) is 15.0. The van der Waals surface area contributed by atoms with Gasteiger partial charge in [0.15, 0.2) is 0 Å². The molecule has 2 heterocycles. The average molecular weight is 338 g/mol. The molecule has 0 aliphatic carbocycles. The first kappa shape index (κ1) is 17.6. The van der Waals surface area contributed by atoms with Crippen molar-refractivity contribution in [1.29, 1.82) is 0 Å². The standard InChI is InChI=1S/C20H26N4O/c1-16-11-17(2)13-19(12-16)22-20(25)15-24-9-7-23(8-10-24)14-18-5-3-4-6-21-18/h3-6,11-13H,7-10,14-15H2,1-2H3,(H,22,25). The van der Waals surface area contributed by atoms with Crippen molar-refractivity contribution in [3.8, 4) is 0 Å². The van der Waals surface area contributed by atoms with Crippen LogP contribution in [0.3, 0.4) is 0 Å². The minimum absolute atomic E-state index is 0.0585.